The molecule has 0 atom stereocenters. The predicted molar refractivity (Wildman–Crippen MR) is 128 cm³/mol. The molecular weight excluding hydrogens is 442 g/mol. The number of rotatable bonds is 7. The number of aromatic nitrogens is 2. The molecule has 34 heavy (non-hydrogen) atoms. The highest BCUT2D eigenvalue weighted by atomic mass is 19.3. The highest BCUT2D eigenvalue weighted by molar-refractivity contribution is 5.93. The number of ether oxygens (including phenoxy) is 1. The van der Waals surface area contributed by atoms with Crippen LogP contribution in [-0.2, 0) is 12.8 Å². The molecule has 8 nitrogen and oxygen atoms in total. The Morgan fingerprint density at radius 3 is 2.50 bits per heavy atom. The first kappa shape index (κ1) is 24.0. The third kappa shape index (κ3) is 5.31. The number of benzene rings is 1. The second-order valence-corrected chi connectivity index (χ2v) is 9.10. The number of carbonyl (C=O) groups excluding carboxylic acids is 1. The number of carbonyl (C=O) groups is 1. The number of nitrogens with one attached hydrogen (secondary N) is 1. The Labute approximate surface area is 198 Å². The van der Waals surface area contributed by atoms with E-state index in [9.17, 15) is 13.6 Å². The quantitative estimate of drug-likeness (QED) is 0.620. The lowest BCUT2D eigenvalue weighted by atomic mass is 9.90. The van der Waals surface area contributed by atoms with Crippen molar-refractivity contribution in [2.45, 2.75) is 70.1 Å². The molecule has 0 radical (unpaired) electrons. The Morgan fingerprint density at radius 1 is 1.12 bits per heavy atom. The summed E-state index contributed by atoms with van der Waals surface area (Å²) < 4.78 is 30.4. The van der Waals surface area contributed by atoms with Crippen molar-refractivity contribution in [3.63, 3.8) is 0 Å². The van der Waals surface area contributed by atoms with Crippen LogP contribution in [0.2, 0.25) is 0 Å². The predicted octanol–water partition coefficient (Wildman–Crippen LogP) is 4.33. The van der Waals surface area contributed by atoms with E-state index in [4.69, 9.17) is 15.7 Å². The number of alkyl halides is 2. The maximum atomic E-state index is 12.9. The third-order valence-electron chi connectivity index (χ3n) is 6.56. The molecule has 0 aliphatic heterocycles. The average Bonchev–Trinajstić information content (AvgIpc) is 2.80. The van der Waals surface area contributed by atoms with E-state index in [1.54, 1.807) is 18.2 Å². The average molecular weight is 475 g/mol. The first-order chi connectivity index (χ1) is 16.3. The van der Waals surface area contributed by atoms with E-state index in [0.29, 0.717) is 18.8 Å². The molecular formula is C24H32F2N6O2. The molecule has 1 saturated carbocycles. The van der Waals surface area contributed by atoms with Crippen LogP contribution in [0.3, 0.4) is 0 Å². The van der Waals surface area contributed by atoms with Gasteiger partial charge in [-0.05, 0) is 63.5 Å². The third-order valence-corrected chi connectivity index (χ3v) is 6.56. The number of halogens is 2. The number of primary amides is 1. The Morgan fingerprint density at radius 2 is 1.82 bits per heavy atom. The molecule has 0 spiro atoms. The van der Waals surface area contributed by atoms with Crippen molar-refractivity contribution in [3.8, 4) is 5.75 Å². The van der Waals surface area contributed by atoms with Gasteiger partial charge in [0.1, 0.15) is 11.6 Å². The van der Waals surface area contributed by atoms with Crippen LogP contribution in [0.4, 0.5) is 31.0 Å². The molecule has 3 N–H and O–H groups in total. The second kappa shape index (κ2) is 10.4. The highest BCUT2D eigenvalue weighted by Gasteiger charge is 2.31. The Balaban J connectivity index is 1.46. The minimum atomic E-state index is -2.99. The maximum Gasteiger partial charge on any atom is 0.387 e. The molecule has 1 heterocycles. The molecule has 184 valence electrons. The van der Waals surface area contributed by atoms with E-state index in [1.807, 2.05) is 19.0 Å². The van der Waals surface area contributed by atoms with Crippen LogP contribution in [0.25, 0.3) is 0 Å². The van der Waals surface area contributed by atoms with Gasteiger partial charge in [-0.2, -0.15) is 13.8 Å². The molecule has 10 heteroatoms. The lowest BCUT2D eigenvalue weighted by Gasteiger charge is -2.37. The van der Waals surface area contributed by atoms with E-state index in [0.717, 1.165) is 50.0 Å². The number of para-hydroxylation sites is 2. The number of aryl methyl sites for hydroxylation is 1. The Bertz CT molecular complexity index is 1010. The molecule has 0 saturated heterocycles. The summed E-state index contributed by atoms with van der Waals surface area (Å²) in [7, 11) is 4.00. The lowest BCUT2D eigenvalue weighted by Crippen LogP contribution is -2.47. The summed E-state index contributed by atoms with van der Waals surface area (Å²) in [5.74, 6) is 1.54. The summed E-state index contributed by atoms with van der Waals surface area (Å²) >= 11 is 0. The van der Waals surface area contributed by atoms with Crippen molar-refractivity contribution in [2.24, 2.45) is 5.73 Å². The van der Waals surface area contributed by atoms with E-state index in [2.05, 4.69) is 10.1 Å². The number of fused-ring (bicyclic) bond motifs is 1. The standard InChI is InChI=1S/C24H32F2N6O2/c1-31(2)21-17-7-3-4-8-18(17)29-24(30-21)28-15-11-13-16(14-12-15)32(23(27)33)19-9-5-6-10-20(19)34-22(25)26/h5-6,9-10,15-16,22H,3-4,7-8,11-14H2,1-2H3,(H2,27,33)(H,28,29,30)/t15-,16+. The van der Waals surface area contributed by atoms with Crippen LogP contribution in [0, 0.1) is 0 Å². The van der Waals surface area contributed by atoms with Crippen molar-refractivity contribution < 1.29 is 18.3 Å². The fraction of sp³-hybridized carbons (Fsp3) is 0.542. The maximum absolute atomic E-state index is 12.9. The van der Waals surface area contributed by atoms with E-state index in [-0.39, 0.29) is 23.5 Å². The number of urea groups is 1. The fourth-order valence-corrected chi connectivity index (χ4v) is 5.02. The molecule has 0 bridgehead atoms. The van der Waals surface area contributed by atoms with Crippen LogP contribution in [0.5, 0.6) is 5.75 Å². The van der Waals surface area contributed by atoms with Crippen molar-refractivity contribution in [2.75, 3.05) is 29.2 Å². The largest absolute Gasteiger partial charge is 0.433 e. The Kier molecular flexibility index (Phi) is 7.33. The van der Waals surface area contributed by atoms with Gasteiger partial charge in [-0.15, -0.1) is 0 Å². The van der Waals surface area contributed by atoms with Crippen molar-refractivity contribution >= 4 is 23.5 Å². The van der Waals surface area contributed by atoms with Gasteiger partial charge in [-0.1, -0.05) is 12.1 Å². The molecule has 4 rings (SSSR count). The van der Waals surface area contributed by atoms with E-state index < -0.39 is 12.6 Å². The molecule has 1 aromatic heterocycles. The smallest absolute Gasteiger partial charge is 0.387 e. The zero-order valence-corrected chi connectivity index (χ0v) is 19.6. The van der Waals surface area contributed by atoms with E-state index >= 15 is 0 Å². The highest BCUT2D eigenvalue weighted by Crippen LogP contribution is 2.35. The zero-order valence-electron chi connectivity index (χ0n) is 19.6. The normalized spacial score (nSPS) is 19.9. The molecule has 0 unspecified atom stereocenters. The van der Waals surface area contributed by atoms with Crippen molar-refractivity contribution in [3.05, 3.63) is 35.5 Å². The molecule has 2 aliphatic rings. The molecule has 2 aliphatic carbocycles. The monoisotopic (exact) mass is 474 g/mol. The fourth-order valence-electron chi connectivity index (χ4n) is 5.02. The first-order valence-electron chi connectivity index (χ1n) is 11.8. The van der Waals surface area contributed by atoms with Gasteiger partial charge in [0.15, 0.2) is 0 Å². The van der Waals surface area contributed by atoms with Gasteiger partial charge in [0.25, 0.3) is 0 Å². The van der Waals surface area contributed by atoms with E-state index in [1.165, 1.54) is 16.5 Å². The van der Waals surface area contributed by atoms with Gasteiger partial charge < -0.3 is 20.7 Å². The summed E-state index contributed by atoms with van der Waals surface area (Å²) in [4.78, 5) is 25.3. The van der Waals surface area contributed by atoms with Crippen LogP contribution in [-0.4, -0.2) is 48.8 Å². The van der Waals surface area contributed by atoms with Crippen LogP contribution in [0.1, 0.15) is 49.8 Å². The summed E-state index contributed by atoms with van der Waals surface area (Å²) in [5.41, 5.74) is 8.30. The van der Waals surface area contributed by atoms with Crippen LogP contribution in [0.15, 0.2) is 24.3 Å². The van der Waals surface area contributed by atoms with Gasteiger partial charge in [0.2, 0.25) is 5.95 Å². The van der Waals surface area contributed by atoms with Gasteiger partial charge in [0.05, 0.1) is 11.4 Å². The number of hydrogen-bond acceptors (Lipinski definition) is 6. The van der Waals surface area contributed by atoms with Gasteiger partial charge in [-0.3, -0.25) is 4.90 Å². The number of nitrogens with zero attached hydrogens (tertiary/aromatic N) is 4. The Hall–Kier alpha value is -3.17. The van der Waals surface area contributed by atoms with Crippen LogP contribution < -0.4 is 25.6 Å². The first-order valence-corrected chi connectivity index (χ1v) is 11.8. The molecule has 1 aromatic carbocycles. The lowest BCUT2D eigenvalue weighted by molar-refractivity contribution is -0.0495. The second-order valence-electron chi connectivity index (χ2n) is 9.10. The summed E-state index contributed by atoms with van der Waals surface area (Å²) in [6.45, 7) is -2.99. The zero-order chi connectivity index (χ0) is 24.2. The number of anilines is 3. The van der Waals surface area contributed by atoms with Crippen molar-refractivity contribution in [1.82, 2.24) is 9.97 Å². The molecule has 2 aromatic rings. The van der Waals surface area contributed by atoms with Crippen molar-refractivity contribution in [1.29, 1.82) is 0 Å². The minimum absolute atomic E-state index is 0.0600. The number of hydrogen-bond donors (Lipinski definition) is 2. The number of nitrogens with two attached hydrogens (primary N) is 1. The summed E-state index contributed by atoms with van der Waals surface area (Å²) in [6.07, 6.45) is 7.14. The number of amides is 2. The van der Waals surface area contributed by atoms with Gasteiger partial charge >= 0.3 is 12.6 Å². The van der Waals surface area contributed by atoms with Crippen LogP contribution >= 0.6 is 0 Å². The topological polar surface area (TPSA) is 96.6 Å². The summed E-state index contributed by atoms with van der Waals surface area (Å²) in [6, 6.07) is 5.51. The van der Waals surface area contributed by atoms with Gasteiger partial charge in [-0.25, -0.2) is 9.78 Å². The van der Waals surface area contributed by atoms with Gasteiger partial charge in [0, 0.05) is 31.7 Å². The SMILES string of the molecule is CN(C)c1nc(N[C@H]2CC[C@@H](N(C(N)=O)c3ccccc3OC(F)F)CC2)nc2c1CCCC2. The minimum Gasteiger partial charge on any atom is -0.433 e. The summed E-state index contributed by atoms with van der Waals surface area (Å²) in [5, 5.41) is 3.48. The molecule has 1 fully saturated rings. The molecule has 2 amide bonds.